The normalized spacial score (nSPS) is 30.0. The summed E-state index contributed by atoms with van der Waals surface area (Å²) in [6.07, 6.45) is 10.9. The Kier molecular flexibility index (Phi) is 4.09. The first kappa shape index (κ1) is 16.3. The zero-order chi connectivity index (χ0) is 17.6. The van der Waals surface area contributed by atoms with Gasteiger partial charge in [-0.15, -0.1) is 0 Å². The zero-order valence-electron chi connectivity index (χ0n) is 15.2. The molecule has 25 heavy (non-hydrogen) atoms. The number of fused-ring (bicyclic) bond motifs is 1. The maximum Gasteiger partial charge on any atom is 0.245 e. The largest absolute Gasteiger partial charge is 0.343 e. The van der Waals surface area contributed by atoms with Crippen LogP contribution in [0.5, 0.6) is 0 Å². The summed E-state index contributed by atoms with van der Waals surface area (Å²) in [6, 6.07) is 0.150. The fourth-order valence-corrected chi connectivity index (χ4v) is 4.30. The minimum atomic E-state index is -0.324. The average Bonchev–Trinajstić information content (AvgIpc) is 3.29. The van der Waals surface area contributed by atoms with Crippen LogP contribution in [0.25, 0.3) is 0 Å². The zero-order valence-corrected chi connectivity index (χ0v) is 15.2. The molecule has 1 amide bonds. The second kappa shape index (κ2) is 6.28. The summed E-state index contributed by atoms with van der Waals surface area (Å²) in [7, 11) is 1.87. The molecule has 0 bridgehead atoms. The van der Waals surface area contributed by atoms with Crippen LogP contribution in [0.3, 0.4) is 0 Å². The minimum absolute atomic E-state index is 0.111. The first-order valence-electron chi connectivity index (χ1n) is 9.26. The molecule has 134 valence electrons. The lowest BCUT2D eigenvalue weighted by Gasteiger charge is -2.48. The lowest BCUT2D eigenvalue weighted by molar-refractivity contribution is -0.137. The van der Waals surface area contributed by atoms with Crippen molar-refractivity contribution in [1.29, 1.82) is 0 Å². The smallest absolute Gasteiger partial charge is 0.245 e. The van der Waals surface area contributed by atoms with E-state index in [2.05, 4.69) is 21.8 Å². The van der Waals surface area contributed by atoms with E-state index >= 15 is 0 Å². The van der Waals surface area contributed by atoms with Gasteiger partial charge in [0.25, 0.3) is 0 Å². The highest BCUT2D eigenvalue weighted by atomic mass is 16.2. The predicted octanol–water partition coefficient (Wildman–Crippen LogP) is 1.99. The fraction of sp³-hybridized carbons (Fsp3) is 0.667. The lowest BCUT2D eigenvalue weighted by atomic mass is 9.99. The quantitative estimate of drug-likeness (QED) is 0.844. The van der Waals surface area contributed by atoms with Gasteiger partial charge in [-0.3, -0.25) is 9.36 Å². The Hall–Kier alpha value is -2.18. The molecule has 7 heteroatoms. The Balaban J connectivity index is 1.74. The van der Waals surface area contributed by atoms with Crippen LogP contribution >= 0.6 is 0 Å². The molecule has 1 aliphatic carbocycles. The third-order valence-corrected chi connectivity index (χ3v) is 5.63. The van der Waals surface area contributed by atoms with Crippen LogP contribution in [-0.4, -0.2) is 62.5 Å². The van der Waals surface area contributed by atoms with Crippen LogP contribution in [0.4, 0.5) is 0 Å². The number of amides is 1. The van der Waals surface area contributed by atoms with Gasteiger partial charge in [-0.05, 0) is 26.2 Å². The first-order chi connectivity index (χ1) is 12.1. The van der Waals surface area contributed by atoms with Gasteiger partial charge in [0.1, 0.15) is 17.9 Å². The Morgan fingerprint density at radius 1 is 1.28 bits per heavy atom. The molecule has 0 N–H and O–H groups in total. The maximum absolute atomic E-state index is 12.9. The third-order valence-electron chi connectivity index (χ3n) is 5.63. The number of piperazine rings is 1. The average molecular weight is 342 g/mol. The summed E-state index contributed by atoms with van der Waals surface area (Å²) < 4.78 is 1.93. The third kappa shape index (κ3) is 2.65. The van der Waals surface area contributed by atoms with Crippen molar-refractivity contribution in [2.24, 2.45) is 9.98 Å². The molecule has 1 saturated heterocycles. The van der Waals surface area contributed by atoms with Crippen molar-refractivity contribution in [3.63, 3.8) is 0 Å². The number of carbonyl (C=O) groups excluding carboxylic acids is 1. The highest BCUT2D eigenvalue weighted by molar-refractivity contribution is 6.09. The van der Waals surface area contributed by atoms with Gasteiger partial charge >= 0.3 is 0 Å². The number of carbonyl (C=O) groups is 1. The molecule has 0 spiro atoms. The van der Waals surface area contributed by atoms with Crippen molar-refractivity contribution < 1.29 is 4.79 Å². The van der Waals surface area contributed by atoms with E-state index in [0.29, 0.717) is 6.04 Å². The molecule has 2 fully saturated rings. The maximum atomic E-state index is 12.9. The van der Waals surface area contributed by atoms with Gasteiger partial charge in [0.05, 0.1) is 12.0 Å². The van der Waals surface area contributed by atoms with Gasteiger partial charge in [0.2, 0.25) is 12.2 Å². The van der Waals surface area contributed by atoms with Gasteiger partial charge in [-0.1, -0.05) is 19.8 Å². The van der Waals surface area contributed by atoms with Crippen LogP contribution < -0.4 is 0 Å². The molecule has 7 nitrogen and oxygen atoms in total. The van der Waals surface area contributed by atoms with Gasteiger partial charge in [0, 0.05) is 25.5 Å². The Morgan fingerprint density at radius 2 is 2.04 bits per heavy atom. The Morgan fingerprint density at radius 3 is 2.68 bits per heavy atom. The molecule has 0 radical (unpaired) electrons. The summed E-state index contributed by atoms with van der Waals surface area (Å²) in [6.45, 7) is 4.05. The number of aromatic nitrogens is 2. The molecule has 1 aromatic heterocycles. The monoisotopic (exact) mass is 342 g/mol. The second-order valence-corrected chi connectivity index (χ2v) is 7.26. The highest BCUT2D eigenvalue weighted by Crippen LogP contribution is 2.33. The molecular formula is C18H26N6O. The number of likely N-dealkylation sites (N-methyl/N-ethyl adjacent to an activating group) is 1. The van der Waals surface area contributed by atoms with Crippen molar-refractivity contribution in [2.75, 3.05) is 7.05 Å². The number of rotatable bonds is 3. The Bertz CT molecular complexity index is 717. The van der Waals surface area contributed by atoms with Crippen molar-refractivity contribution in [1.82, 2.24) is 19.4 Å². The summed E-state index contributed by atoms with van der Waals surface area (Å²) in [5, 5.41) is 0. The minimum Gasteiger partial charge on any atom is -0.343 e. The molecule has 3 aliphatic rings. The highest BCUT2D eigenvalue weighted by Gasteiger charge is 2.45. The van der Waals surface area contributed by atoms with E-state index in [9.17, 15) is 4.79 Å². The molecule has 3 heterocycles. The summed E-state index contributed by atoms with van der Waals surface area (Å²) >= 11 is 0. The molecule has 1 aromatic rings. The second-order valence-electron chi connectivity index (χ2n) is 7.26. The molecule has 0 aromatic carbocycles. The van der Waals surface area contributed by atoms with Gasteiger partial charge in [-0.2, -0.15) is 0 Å². The van der Waals surface area contributed by atoms with Crippen molar-refractivity contribution in [2.45, 2.75) is 70.4 Å². The molecule has 1 saturated carbocycles. The Labute approximate surface area is 148 Å². The lowest BCUT2D eigenvalue weighted by Crippen LogP contribution is -2.66. The number of aliphatic imine (C=N–C) groups is 2. The number of hydrogen-bond acceptors (Lipinski definition) is 5. The topological polar surface area (TPSA) is 66.1 Å². The fourth-order valence-electron chi connectivity index (χ4n) is 4.30. The molecule has 2 unspecified atom stereocenters. The number of aryl methyl sites for hydroxylation is 1. The van der Waals surface area contributed by atoms with Crippen molar-refractivity contribution in [3.8, 4) is 0 Å². The van der Waals surface area contributed by atoms with E-state index in [1.165, 1.54) is 12.8 Å². The summed E-state index contributed by atoms with van der Waals surface area (Å²) in [5.74, 6) is 1.17. The van der Waals surface area contributed by atoms with E-state index in [-0.39, 0.29) is 24.3 Å². The molecule has 3 atom stereocenters. The molecular weight excluding hydrogens is 316 g/mol. The van der Waals surface area contributed by atoms with Crippen LogP contribution in [0.15, 0.2) is 22.5 Å². The van der Waals surface area contributed by atoms with E-state index in [1.807, 2.05) is 30.9 Å². The van der Waals surface area contributed by atoms with E-state index in [1.54, 1.807) is 11.2 Å². The van der Waals surface area contributed by atoms with Crippen molar-refractivity contribution in [3.05, 3.63) is 18.2 Å². The number of hydrogen-bond donors (Lipinski definition) is 0. The molecule has 2 aliphatic heterocycles. The first-order valence-corrected chi connectivity index (χ1v) is 9.26. The number of amidine groups is 1. The van der Waals surface area contributed by atoms with E-state index < -0.39 is 0 Å². The number of imidazole rings is 1. The van der Waals surface area contributed by atoms with Gasteiger partial charge < -0.3 is 9.80 Å². The van der Waals surface area contributed by atoms with Gasteiger partial charge in [0.15, 0.2) is 0 Å². The van der Waals surface area contributed by atoms with Crippen LogP contribution in [0.2, 0.25) is 0 Å². The number of nitrogens with zero attached hydrogens (tertiary/aromatic N) is 6. The standard InChI is InChI=1S/C18H26N6O/c1-4-14-17(25)22(3)15-9-19-18(23-10-12(2)20-11-23)21-16(15)24(14)13-7-5-6-8-13/h9-11,13-15,18H,4-8H2,1-3H3/t14?,15?,18-/m0/s1. The molecule has 4 rings (SSSR count). The van der Waals surface area contributed by atoms with Crippen LogP contribution in [0.1, 0.15) is 51.0 Å². The summed E-state index contributed by atoms with van der Waals surface area (Å²) in [4.78, 5) is 30.9. The van der Waals surface area contributed by atoms with Crippen LogP contribution in [-0.2, 0) is 4.79 Å². The SMILES string of the molecule is CCC1C(=O)N(C)C2C=N[C@H](n3cnc(C)c3)N=C2N1C1CCCC1. The van der Waals surface area contributed by atoms with E-state index in [4.69, 9.17) is 4.99 Å². The predicted molar refractivity (Wildman–Crippen MR) is 96.7 cm³/mol. The summed E-state index contributed by atoms with van der Waals surface area (Å²) in [5.41, 5.74) is 0.951. The van der Waals surface area contributed by atoms with Crippen LogP contribution in [0, 0.1) is 6.92 Å². The van der Waals surface area contributed by atoms with Gasteiger partial charge in [-0.25, -0.2) is 15.0 Å². The van der Waals surface area contributed by atoms with Crippen molar-refractivity contribution >= 4 is 18.0 Å². The van der Waals surface area contributed by atoms with E-state index in [0.717, 1.165) is 30.8 Å².